The van der Waals surface area contributed by atoms with Gasteiger partial charge in [0.15, 0.2) is 11.5 Å². The van der Waals surface area contributed by atoms with Gasteiger partial charge < -0.3 is 14.8 Å². The topological polar surface area (TPSA) is 96.3 Å². The highest BCUT2D eigenvalue weighted by molar-refractivity contribution is 5.94. The molecule has 0 fully saturated rings. The molecule has 1 aromatic carbocycles. The van der Waals surface area contributed by atoms with E-state index in [9.17, 15) is 4.79 Å². The molecule has 0 aromatic heterocycles. The zero-order chi connectivity index (χ0) is 15.5. The summed E-state index contributed by atoms with van der Waals surface area (Å²) in [4.78, 5) is 14.6. The van der Waals surface area contributed by atoms with Crippen LogP contribution in [0.25, 0.3) is 10.4 Å². The summed E-state index contributed by atoms with van der Waals surface area (Å²) >= 11 is 0. The van der Waals surface area contributed by atoms with Crippen LogP contribution in [0.5, 0.6) is 11.5 Å². The standard InChI is InChI=1S/C14H20N4O3/c1-3-20-12-7-6-11(10-13(12)21-4-2)14(19)16-8-5-9-17-18-15/h6-7,10H,3-5,8-9H2,1-2H3,(H,16,19). The number of nitrogens with zero attached hydrogens (tertiary/aromatic N) is 3. The van der Waals surface area contributed by atoms with Crippen LogP contribution >= 0.6 is 0 Å². The van der Waals surface area contributed by atoms with E-state index in [4.69, 9.17) is 15.0 Å². The lowest BCUT2D eigenvalue weighted by molar-refractivity contribution is 0.0953. The first kappa shape index (κ1) is 16.7. The van der Waals surface area contributed by atoms with Gasteiger partial charge in [0.1, 0.15) is 0 Å². The molecule has 0 aliphatic rings. The monoisotopic (exact) mass is 292 g/mol. The molecule has 0 aliphatic heterocycles. The molecule has 0 saturated heterocycles. The maximum Gasteiger partial charge on any atom is 0.251 e. The van der Waals surface area contributed by atoms with Gasteiger partial charge >= 0.3 is 0 Å². The number of ether oxygens (including phenoxy) is 2. The Kier molecular flexibility index (Phi) is 7.53. The zero-order valence-electron chi connectivity index (χ0n) is 12.3. The highest BCUT2D eigenvalue weighted by atomic mass is 16.5. The molecule has 1 N–H and O–H groups in total. The van der Waals surface area contributed by atoms with Crippen molar-refractivity contribution < 1.29 is 14.3 Å². The zero-order valence-corrected chi connectivity index (χ0v) is 12.3. The molecule has 0 aliphatic carbocycles. The first-order valence-electron chi connectivity index (χ1n) is 6.91. The molecular weight excluding hydrogens is 272 g/mol. The Morgan fingerprint density at radius 2 is 2.00 bits per heavy atom. The maximum absolute atomic E-state index is 12.0. The molecule has 1 rings (SSSR count). The van der Waals surface area contributed by atoms with Crippen molar-refractivity contribution in [3.05, 3.63) is 34.2 Å². The third-order valence-corrected chi connectivity index (χ3v) is 2.59. The highest BCUT2D eigenvalue weighted by Crippen LogP contribution is 2.28. The minimum Gasteiger partial charge on any atom is -0.490 e. The second-order valence-corrected chi connectivity index (χ2v) is 4.09. The average molecular weight is 292 g/mol. The lowest BCUT2D eigenvalue weighted by Crippen LogP contribution is -2.24. The van der Waals surface area contributed by atoms with Crippen molar-refractivity contribution in [2.75, 3.05) is 26.3 Å². The first-order valence-corrected chi connectivity index (χ1v) is 6.91. The van der Waals surface area contributed by atoms with Crippen LogP contribution in [-0.2, 0) is 0 Å². The Morgan fingerprint density at radius 3 is 2.67 bits per heavy atom. The Bertz CT molecular complexity index is 513. The largest absolute Gasteiger partial charge is 0.490 e. The lowest BCUT2D eigenvalue weighted by Gasteiger charge is -2.12. The summed E-state index contributed by atoms with van der Waals surface area (Å²) in [5.41, 5.74) is 8.65. The molecular formula is C14H20N4O3. The van der Waals surface area contributed by atoms with Gasteiger partial charge in [-0.1, -0.05) is 5.11 Å². The van der Waals surface area contributed by atoms with E-state index in [2.05, 4.69) is 15.3 Å². The molecule has 0 saturated carbocycles. The lowest BCUT2D eigenvalue weighted by atomic mass is 10.2. The number of amides is 1. The third-order valence-electron chi connectivity index (χ3n) is 2.59. The van der Waals surface area contributed by atoms with Crippen molar-refractivity contribution in [1.29, 1.82) is 0 Å². The van der Waals surface area contributed by atoms with Crippen LogP contribution in [0.4, 0.5) is 0 Å². The number of carbonyl (C=O) groups is 1. The summed E-state index contributed by atoms with van der Waals surface area (Å²) in [5, 5.41) is 6.16. The van der Waals surface area contributed by atoms with E-state index in [0.29, 0.717) is 49.8 Å². The van der Waals surface area contributed by atoms with Crippen molar-refractivity contribution in [2.45, 2.75) is 20.3 Å². The van der Waals surface area contributed by atoms with Gasteiger partial charge in [-0.15, -0.1) is 0 Å². The molecule has 7 heteroatoms. The summed E-state index contributed by atoms with van der Waals surface area (Å²) < 4.78 is 10.9. The van der Waals surface area contributed by atoms with Crippen LogP contribution in [0.15, 0.2) is 23.3 Å². The Hall–Kier alpha value is -2.40. The summed E-state index contributed by atoms with van der Waals surface area (Å²) in [6, 6.07) is 5.08. The number of azide groups is 1. The van der Waals surface area contributed by atoms with Gasteiger partial charge in [-0.05, 0) is 44.0 Å². The SMILES string of the molecule is CCOc1ccc(C(=O)NCCCN=[N+]=[N-])cc1OCC. The fourth-order valence-corrected chi connectivity index (χ4v) is 1.69. The van der Waals surface area contributed by atoms with E-state index in [1.54, 1.807) is 18.2 Å². The van der Waals surface area contributed by atoms with Crippen molar-refractivity contribution in [2.24, 2.45) is 5.11 Å². The minimum atomic E-state index is -0.195. The van der Waals surface area contributed by atoms with Crippen LogP contribution in [0.3, 0.4) is 0 Å². The molecule has 0 unspecified atom stereocenters. The quantitative estimate of drug-likeness (QED) is 0.328. The molecule has 1 aromatic rings. The Labute approximate surface area is 123 Å². The number of hydrogen-bond donors (Lipinski definition) is 1. The van der Waals surface area contributed by atoms with Gasteiger partial charge in [0, 0.05) is 23.6 Å². The van der Waals surface area contributed by atoms with E-state index in [-0.39, 0.29) is 5.91 Å². The van der Waals surface area contributed by atoms with E-state index < -0.39 is 0 Å². The third kappa shape index (κ3) is 5.62. The molecule has 0 spiro atoms. The van der Waals surface area contributed by atoms with Crippen molar-refractivity contribution in [3.8, 4) is 11.5 Å². The molecule has 0 radical (unpaired) electrons. The molecule has 114 valence electrons. The van der Waals surface area contributed by atoms with Crippen molar-refractivity contribution in [3.63, 3.8) is 0 Å². The van der Waals surface area contributed by atoms with Crippen LogP contribution in [0, 0.1) is 0 Å². The predicted octanol–water partition coefficient (Wildman–Crippen LogP) is 2.91. The molecule has 21 heavy (non-hydrogen) atoms. The molecule has 0 atom stereocenters. The number of benzene rings is 1. The minimum absolute atomic E-state index is 0.195. The molecule has 7 nitrogen and oxygen atoms in total. The molecule has 0 heterocycles. The maximum atomic E-state index is 12.0. The van der Waals surface area contributed by atoms with E-state index in [1.165, 1.54) is 0 Å². The predicted molar refractivity (Wildman–Crippen MR) is 79.7 cm³/mol. The Balaban J connectivity index is 2.66. The summed E-state index contributed by atoms with van der Waals surface area (Å²) in [6.45, 7) is 5.61. The van der Waals surface area contributed by atoms with E-state index >= 15 is 0 Å². The summed E-state index contributed by atoms with van der Waals surface area (Å²) in [6.07, 6.45) is 0.602. The normalized spacial score (nSPS) is 9.62. The summed E-state index contributed by atoms with van der Waals surface area (Å²) in [5.74, 6) is 0.986. The highest BCUT2D eigenvalue weighted by Gasteiger charge is 2.11. The summed E-state index contributed by atoms with van der Waals surface area (Å²) in [7, 11) is 0. The molecule has 1 amide bonds. The fraction of sp³-hybridized carbons (Fsp3) is 0.500. The van der Waals surface area contributed by atoms with E-state index in [1.807, 2.05) is 13.8 Å². The fourth-order valence-electron chi connectivity index (χ4n) is 1.69. The van der Waals surface area contributed by atoms with Crippen LogP contribution in [0.1, 0.15) is 30.6 Å². The number of nitrogens with one attached hydrogen (secondary N) is 1. The second-order valence-electron chi connectivity index (χ2n) is 4.09. The average Bonchev–Trinajstić information content (AvgIpc) is 2.49. The molecule has 0 bridgehead atoms. The van der Waals surface area contributed by atoms with Gasteiger partial charge in [0.25, 0.3) is 5.91 Å². The van der Waals surface area contributed by atoms with Gasteiger partial charge in [0.2, 0.25) is 0 Å². The van der Waals surface area contributed by atoms with Gasteiger partial charge in [-0.25, -0.2) is 0 Å². The number of rotatable bonds is 9. The smallest absolute Gasteiger partial charge is 0.251 e. The van der Waals surface area contributed by atoms with Gasteiger partial charge in [-0.2, -0.15) is 0 Å². The van der Waals surface area contributed by atoms with Gasteiger partial charge in [0.05, 0.1) is 13.2 Å². The van der Waals surface area contributed by atoms with Crippen molar-refractivity contribution in [1.82, 2.24) is 5.32 Å². The Morgan fingerprint density at radius 1 is 1.29 bits per heavy atom. The van der Waals surface area contributed by atoms with Crippen LogP contribution in [0.2, 0.25) is 0 Å². The van der Waals surface area contributed by atoms with E-state index in [0.717, 1.165) is 0 Å². The van der Waals surface area contributed by atoms with Gasteiger partial charge in [-0.3, -0.25) is 4.79 Å². The van der Waals surface area contributed by atoms with Crippen LogP contribution in [-0.4, -0.2) is 32.2 Å². The number of carbonyl (C=O) groups excluding carboxylic acids is 1. The number of hydrogen-bond acceptors (Lipinski definition) is 4. The second kappa shape index (κ2) is 9.50. The first-order chi connectivity index (χ1) is 10.2. The van der Waals surface area contributed by atoms with Crippen molar-refractivity contribution >= 4 is 5.91 Å². The van der Waals surface area contributed by atoms with Crippen LogP contribution < -0.4 is 14.8 Å².